The molecule has 0 amide bonds. The maximum Gasteiger partial charge on any atom is 0.337 e. The van der Waals surface area contributed by atoms with Crippen LogP contribution in [0, 0.1) is 0 Å². The summed E-state index contributed by atoms with van der Waals surface area (Å²) in [5.41, 5.74) is 0.952. The zero-order chi connectivity index (χ0) is 10.4. The van der Waals surface area contributed by atoms with Gasteiger partial charge in [-0.15, -0.1) is 0 Å². The van der Waals surface area contributed by atoms with Crippen molar-refractivity contribution in [1.29, 1.82) is 0 Å². The number of rotatable bonds is 5. The van der Waals surface area contributed by atoms with E-state index in [9.17, 15) is 4.79 Å². The van der Waals surface area contributed by atoms with Gasteiger partial charge in [0.05, 0.1) is 17.9 Å². The third-order valence-corrected chi connectivity index (χ3v) is 1.67. The van der Waals surface area contributed by atoms with Gasteiger partial charge in [0.15, 0.2) is 0 Å². The summed E-state index contributed by atoms with van der Waals surface area (Å²) < 4.78 is 5.26. The SMILES string of the molecule is CCCOCc1ccc(C(=O)O)cn1. The van der Waals surface area contributed by atoms with Gasteiger partial charge in [0.2, 0.25) is 0 Å². The van der Waals surface area contributed by atoms with Crippen molar-refractivity contribution in [3.8, 4) is 0 Å². The highest BCUT2D eigenvalue weighted by Crippen LogP contribution is 2.01. The summed E-state index contributed by atoms with van der Waals surface area (Å²) in [6, 6.07) is 3.19. The van der Waals surface area contributed by atoms with Gasteiger partial charge in [-0.1, -0.05) is 6.92 Å². The Balaban J connectivity index is 2.51. The molecule has 0 saturated carbocycles. The van der Waals surface area contributed by atoms with Crippen LogP contribution < -0.4 is 0 Å². The van der Waals surface area contributed by atoms with E-state index in [1.807, 2.05) is 6.92 Å². The van der Waals surface area contributed by atoms with E-state index >= 15 is 0 Å². The molecule has 0 spiro atoms. The number of hydrogen-bond donors (Lipinski definition) is 1. The molecule has 0 unspecified atom stereocenters. The van der Waals surface area contributed by atoms with Crippen LogP contribution in [0.15, 0.2) is 18.3 Å². The molecule has 0 radical (unpaired) electrons. The summed E-state index contributed by atoms with van der Waals surface area (Å²) in [5.74, 6) is -0.960. The van der Waals surface area contributed by atoms with Gasteiger partial charge in [-0.05, 0) is 18.6 Å². The van der Waals surface area contributed by atoms with Gasteiger partial charge in [-0.2, -0.15) is 0 Å². The van der Waals surface area contributed by atoms with Gasteiger partial charge in [-0.25, -0.2) is 4.79 Å². The number of hydrogen-bond acceptors (Lipinski definition) is 3. The van der Waals surface area contributed by atoms with Crippen molar-refractivity contribution in [2.45, 2.75) is 20.0 Å². The second-order valence-electron chi connectivity index (χ2n) is 2.90. The molecule has 0 atom stereocenters. The van der Waals surface area contributed by atoms with E-state index in [-0.39, 0.29) is 5.56 Å². The van der Waals surface area contributed by atoms with Crippen molar-refractivity contribution < 1.29 is 14.6 Å². The van der Waals surface area contributed by atoms with E-state index in [4.69, 9.17) is 9.84 Å². The van der Waals surface area contributed by atoms with E-state index < -0.39 is 5.97 Å². The fourth-order valence-corrected chi connectivity index (χ4v) is 0.957. The van der Waals surface area contributed by atoms with E-state index in [2.05, 4.69) is 4.98 Å². The summed E-state index contributed by atoms with van der Waals surface area (Å²) in [5, 5.41) is 8.62. The topological polar surface area (TPSA) is 59.4 Å². The summed E-state index contributed by atoms with van der Waals surface area (Å²) >= 11 is 0. The van der Waals surface area contributed by atoms with Crippen LogP contribution in [0.25, 0.3) is 0 Å². The van der Waals surface area contributed by atoms with E-state index in [0.29, 0.717) is 13.2 Å². The monoisotopic (exact) mass is 195 g/mol. The summed E-state index contributed by atoms with van der Waals surface area (Å²) in [6.07, 6.45) is 2.31. The highest BCUT2D eigenvalue weighted by molar-refractivity contribution is 5.87. The number of carbonyl (C=O) groups is 1. The van der Waals surface area contributed by atoms with Crippen LogP contribution in [0.5, 0.6) is 0 Å². The van der Waals surface area contributed by atoms with Crippen molar-refractivity contribution in [2.24, 2.45) is 0 Å². The highest BCUT2D eigenvalue weighted by atomic mass is 16.5. The van der Waals surface area contributed by atoms with E-state index in [1.54, 1.807) is 6.07 Å². The molecule has 1 rings (SSSR count). The first-order valence-corrected chi connectivity index (χ1v) is 4.50. The molecule has 76 valence electrons. The van der Waals surface area contributed by atoms with Crippen LogP contribution in [-0.2, 0) is 11.3 Å². The largest absolute Gasteiger partial charge is 0.478 e. The number of ether oxygens (including phenoxy) is 1. The van der Waals surface area contributed by atoms with Crippen LogP contribution in [0.4, 0.5) is 0 Å². The van der Waals surface area contributed by atoms with Crippen LogP contribution >= 0.6 is 0 Å². The predicted octanol–water partition coefficient (Wildman–Crippen LogP) is 1.71. The number of nitrogens with zero attached hydrogens (tertiary/aromatic N) is 1. The smallest absolute Gasteiger partial charge is 0.337 e. The minimum Gasteiger partial charge on any atom is -0.478 e. The Morgan fingerprint density at radius 2 is 2.36 bits per heavy atom. The predicted molar refractivity (Wildman–Crippen MR) is 51.1 cm³/mol. The second-order valence-corrected chi connectivity index (χ2v) is 2.90. The molecule has 0 aliphatic heterocycles. The first kappa shape index (κ1) is 10.7. The molecule has 0 aliphatic rings. The van der Waals surface area contributed by atoms with Crippen LogP contribution in [0.2, 0.25) is 0 Å². The van der Waals surface area contributed by atoms with Gasteiger partial charge in [0.1, 0.15) is 0 Å². The normalized spacial score (nSPS) is 10.1. The standard InChI is InChI=1S/C10H13NO3/c1-2-5-14-7-9-4-3-8(6-11-9)10(12)13/h3-4,6H,2,5,7H2,1H3,(H,12,13). The Hall–Kier alpha value is -1.42. The van der Waals surface area contributed by atoms with Gasteiger partial charge < -0.3 is 9.84 Å². The molecule has 14 heavy (non-hydrogen) atoms. The molecular weight excluding hydrogens is 182 g/mol. The molecule has 1 heterocycles. The maximum atomic E-state index is 10.5. The Labute approximate surface area is 82.5 Å². The minimum absolute atomic E-state index is 0.198. The minimum atomic E-state index is -0.960. The Morgan fingerprint density at radius 1 is 1.57 bits per heavy atom. The molecule has 4 nitrogen and oxygen atoms in total. The number of aromatic nitrogens is 1. The molecule has 0 bridgehead atoms. The first-order chi connectivity index (χ1) is 6.74. The first-order valence-electron chi connectivity index (χ1n) is 4.50. The Kier molecular flexibility index (Phi) is 4.07. The maximum absolute atomic E-state index is 10.5. The van der Waals surface area contributed by atoms with Crippen molar-refractivity contribution in [1.82, 2.24) is 4.98 Å². The summed E-state index contributed by atoms with van der Waals surface area (Å²) in [4.78, 5) is 14.5. The van der Waals surface area contributed by atoms with Crippen LogP contribution in [0.3, 0.4) is 0 Å². The third-order valence-electron chi connectivity index (χ3n) is 1.67. The average molecular weight is 195 g/mol. The van der Waals surface area contributed by atoms with Gasteiger partial charge in [0.25, 0.3) is 0 Å². The van der Waals surface area contributed by atoms with Crippen molar-refractivity contribution in [3.63, 3.8) is 0 Å². The second kappa shape index (κ2) is 5.34. The molecular formula is C10H13NO3. The lowest BCUT2D eigenvalue weighted by Gasteiger charge is -2.01. The van der Waals surface area contributed by atoms with Gasteiger partial charge >= 0.3 is 5.97 Å². The van der Waals surface area contributed by atoms with Crippen molar-refractivity contribution in [3.05, 3.63) is 29.6 Å². The molecule has 1 aromatic rings. The lowest BCUT2D eigenvalue weighted by atomic mass is 10.2. The number of aromatic carboxylic acids is 1. The molecule has 1 aromatic heterocycles. The lowest BCUT2D eigenvalue weighted by Crippen LogP contribution is -2.00. The number of pyridine rings is 1. The highest BCUT2D eigenvalue weighted by Gasteiger charge is 2.02. The molecule has 0 fully saturated rings. The van der Waals surface area contributed by atoms with Crippen molar-refractivity contribution in [2.75, 3.05) is 6.61 Å². The molecule has 4 heteroatoms. The Morgan fingerprint density at radius 3 is 2.86 bits per heavy atom. The zero-order valence-electron chi connectivity index (χ0n) is 8.06. The molecule has 0 aliphatic carbocycles. The fourth-order valence-electron chi connectivity index (χ4n) is 0.957. The zero-order valence-corrected chi connectivity index (χ0v) is 8.06. The lowest BCUT2D eigenvalue weighted by molar-refractivity contribution is 0.0696. The molecule has 0 saturated heterocycles. The summed E-state index contributed by atoms with van der Waals surface area (Å²) in [7, 11) is 0. The molecule has 1 N–H and O–H groups in total. The number of carboxylic acids is 1. The van der Waals surface area contributed by atoms with E-state index in [0.717, 1.165) is 12.1 Å². The summed E-state index contributed by atoms with van der Waals surface area (Å²) in [6.45, 7) is 3.16. The quantitative estimate of drug-likeness (QED) is 0.726. The molecule has 0 aromatic carbocycles. The van der Waals surface area contributed by atoms with Crippen LogP contribution in [0.1, 0.15) is 29.4 Å². The van der Waals surface area contributed by atoms with Gasteiger partial charge in [0, 0.05) is 12.8 Å². The number of carboxylic acid groups (broad SMARTS) is 1. The Bertz CT molecular complexity index is 295. The van der Waals surface area contributed by atoms with Crippen molar-refractivity contribution >= 4 is 5.97 Å². The third kappa shape index (κ3) is 3.14. The van der Waals surface area contributed by atoms with Gasteiger partial charge in [-0.3, -0.25) is 4.98 Å². The van der Waals surface area contributed by atoms with E-state index in [1.165, 1.54) is 12.3 Å². The average Bonchev–Trinajstić information content (AvgIpc) is 2.19. The van der Waals surface area contributed by atoms with Crippen LogP contribution in [-0.4, -0.2) is 22.7 Å². The fraction of sp³-hybridized carbons (Fsp3) is 0.400.